The fourth-order valence-electron chi connectivity index (χ4n) is 2.96. The summed E-state index contributed by atoms with van der Waals surface area (Å²) in [5.41, 5.74) is 6.73. The van der Waals surface area contributed by atoms with Gasteiger partial charge in [0.25, 0.3) is 0 Å². The fraction of sp³-hybridized carbons (Fsp3) is 0.471. The van der Waals surface area contributed by atoms with Crippen molar-refractivity contribution in [2.24, 2.45) is 0 Å². The number of fused-ring (bicyclic) bond motifs is 1. The zero-order chi connectivity index (χ0) is 18.4. The van der Waals surface area contributed by atoms with Crippen molar-refractivity contribution in [2.75, 3.05) is 18.8 Å². The number of ether oxygens (including phenoxy) is 1. The first-order chi connectivity index (χ1) is 11.7. The van der Waals surface area contributed by atoms with Crippen molar-refractivity contribution < 1.29 is 9.53 Å². The second-order valence-corrected chi connectivity index (χ2v) is 7.88. The molecule has 0 spiro atoms. The number of amides is 1. The molecule has 1 aliphatic rings. The minimum absolute atomic E-state index is 0.00443. The van der Waals surface area contributed by atoms with E-state index in [1.54, 1.807) is 11.1 Å². The van der Waals surface area contributed by atoms with Crippen LogP contribution in [0.5, 0.6) is 0 Å². The molecule has 0 bridgehead atoms. The summed E-state index contributed by atoms with van der Waals surface area (Å²) in [5.74, 6) is 2.92. The number of hydrogen-bond acceptors (Lipinski definition) is 5. The summed E-state index contributed by atoms with van der Waals surface area (Å²) >= 11 is 3.50. The second-order valence-electron chi connectivity index (χ2n) is 7.02. The molecule has 0 saturated carbocycles. The molecule has 25 heavy (non-hydrogen) atoms. The average Bonchev–Trinajstić information content (AvgIpc) is 3.13. The van der Waals surface area contributed by atoms with Crippen LogP contribution in [0, 0.1) is 12.3 Å². The summed E-state index contributed by atoms with van der Waals surface area (Å²) in [6.45, 7) is 6.66. The van der Waals surface area contributed by atoms with E-state index in [-0.39, 0.29) is 12.1 Å². The highest BCUT2D eigenvalue weighted by atomic mass is 79.9. The molecule has 0 aliphatic carbocycles. The van der Waals surface area contributed by atoms with Gasteiger partial charge in [0.2, 0.25) is 0 Å². The van der Waals surface area contributed by atoms with E-state index < -0.39 is 5.60 Å². The molecule has 8 heteroatoms. The molecule has 0 aromatic carbocycles. The van der Waals surface area contributed by atoms with Gasteiger partial charge in [-0.1, -0.05) is 0 Å². The van der Waals surface area contributed by atoms with Crippen LogP contribution in [0.3, 0.4) is 0 Å². The maximum atomic E-state index is 12.3. The molecule has 0 radical (unpaired) electrons. The summed E-state index contributed by atoms with van der Waals surface area (Å²) in [7, 11) is 0. The minimum atomic E-state index is -0.520. The molecule has 3 rings (SSSR count). The average molecular weight is 406 g/mol. The SMILES string of the molecule is C#Cc1nn(C2CCN(C(=O)OC(C)(C)C)C2)c2c(Br)cnc(N)c12. The van der Waals surface area contributed by atoms with E-state index in [9.17, 15) is 4.79 Å². The monoisotopic (exact) mass is 405 g/mol. The zero-order valence-electron chi connectivity index (χ0n) is 14.4. The molecule has 1 saturated heterocycles. The normalized spacial score (nSPS) is 17.7. The molecule has 2 N–H and O–H groups in total. The van der Waals surface area contributed by atoms with Crippen molar-refractivity contribution >= 4 is 38.7 Å². The van der Waals surface area contributed by atoms with Crippen LogP contribution in [-0.2, 0) is 4.74 Å². The Hall–Kier alpha value is -2.27. The Balaban J connectivity index is 1.93. The molecule has 1 atom stereocenters. The van der Waals surface area contributed by atoms with Crippen molar-refractivity contribution in [3.8, 4) is 12.3 Å². The standard InChI is InChI=1S/C17H20BrN5O2/c1-5-12-13-14(11(18)8-20-15(13)19)23(21-12)10-6-7-22(9-10)16(24)25-17(2,3)4/h1,8,10H,6-7,9H2,2-4H3,(H2,19,20). The largest absolute Gasteiger partial charge is 0.444 e. The van der Waals surface area contributed by atoms with Crippen LogP contribution in [0.1, 0.15) is 38.9 Å². The Bertz CT molecular complexity index is 878. The highest BCUT2D eigenvalue weighted by molar-refractivity contribution is 9.10. The van der Waals surface area contributed by atoms with Crippen molar-refractivity contribution in [1.29, 1.82) is 0 Å². The Morgan fingerprint density at radius 1 is 1.52 bits per heavy atom. The van der Waals surface area contributed by atoms with E-state index in [0.29, 0.717) is 30.0 Å². The summed E-state index contributed by atoms with van der Waals surface area (Å²) in [4.78, 5) is 18.1. The summed E-state index contributed by atoms with van der Waals surface area (Å²) in [5, 5.41) is 5.19. The van der Waals surface area contributed by atoms with Crippen LogP contribution in [0.4, 0.5) is 10.6 Å². The number of carbonyl (C=O) groups excluding carboxylic acids is 1. The third-order valence-corrected chi connectivity index (χ3v) is 4.59. The number of aromatic nitrogens is 3. The maximum absolute atomic E-state index is 12.3. The van der Waals surface area contributed by atoms with Crippen molar-refractivity contribution in [3.05, 3.63) is 16.4 Å². The lowest BCUT2D eigenvalue weighted by atomic mass is 10.2. The second kappa shape index (κ2) is 6.23. The van der Waals surface area contributed by atoms with Crippen LogP contribution >= 0.6 is 15.9 Å². The van der Waals surface area contributed by atoms with Gasteiger partial charge in [-0.15, -0.1) is 6.42 Å². The van der Waals surface area contributed by atoms with Gasteiger partial charge in [0, 0.05) is 19.3 Å². The van der Waals surface area contributed by atoms with Crippen molar-refractivity contribution in [1.82, 2.24) is 19.7 Å². The van der Waals surface area contributed by atoms with E-state index >= 15 is 0 Å². The summed E-state index contributed by atoms with van der Waals surface area (Å²) in [6, 6.07) is -0.00443. The van der Waals surface area contributed by atoms with Crippen LogP contribution in [0.15, 0.2) is 10.7 Å². The van der Waals surface area contributed by atoms with Crippen LogP contribution in [0.25, 0.3) is 10.9 Å². The first-order valence-corrected chi connectivity index (χ1v) is 8.77. The summed E-state index contributed by atoms with van der Waals surface area (Å²) < 4.78 is 8.06. The van der Waals surface area contributed by atoms with Crippen LogP contribution in [0.2, 0.25) is 0 Å². The predicted octanol–water partition coefficient (Wildman–Crippen LogP) is 2.94. The Morgan fingerprint density at radius 2 is 2.24 bits per heavy atom. The first-order valence-electron chi connectivity index (χ1n) is 7.98. The van der Waals surface area contributed by atoms with E-state index in [4.69, 9.17) is 16.9 Å². The lowest BCUT2D eigenvalue weighted by molar-refractivity contribution is 0.0288. The predicted molar refractivity (Wildman–Crippen MR) is 99.0 cm³/mol. The van der Waals surface area contributed by atoms with Gasteiger partial charge in [-0.3, -0.25) is 4.68 Å². The highest BCUT2D eigenvalue weighted by Gasteiger charge is 2.32. The molecule has 2 aromatic rings. The lowest BCUT2D eigenvalue weighted by Gasteiger charge is -2.24. The van der Waals surface area contributed by atoms with Gasteiger partial charge in [0.1, 0.15) is 17.1 Å². The van der Waals surface area contributed by atoms with Crippen molar-refractivity contribution in [3.63, 3.8) is 0 Å². The molecule has 3 heterocycles. The van der Waals surface area contributed by atoms with Gasteiger partial charge in [0.05, 0.1) is 21.4 Å². The number of nitrogen functional groups attached to an aromatic ring is 1. The minimum Gasteiger partial charge on any atom is -0.444 e. The quantitative estimate of drug-likeness (QED) is 0.736. The molecular formula is C17H20BrN5O2. The van der Waals surface area contributed by atoms with E-state index in [2.05, 4.69) is 31.9 Å². The van der Waals surface area contributed by atoms with Crippen LogP contribution < -0.4 is 5.73 Å². The Morgan fingerprint density at radius 3 is 2.88 bits per heavy atom. The number of hydrogen-bond donors (Lipinski definition) is 1. The molecular weight excluding hydrogens is 386 g/mol. The zero-order valence-corrected chi connectivity index (χ0v) is 16.0. The van der Waals surface area contributed by atoms with E-state index in [1.807, 2.05) is 25.5 Å². The third-order valence-electron chi connectivity index (χ3n) is 4.01. The molecule has 7 nitrogen and oxygen atoms in total. The van der Waals surface area contributed by atoms with E-state index in [0.717, 1.165) is 16.4 Å². The number of nitrogens with two attached hydrogens (primary N) is 1. The van der Waals surface area contributed by atoms with Gasteiger partial charge in [-0.05, 0) is 49.0 Å². The Labute approximate surface area is 154 Å². The number of likely N-dealkylation sites (tertiary alicyclic amines) is 1. The number of carbonyl (C=O) groups is 1. The first kappa shape index (κ1) is 17.5. The summed E-state index contributed by atoms with van der Waals surface area (Å²) in [6.07, 6.45) is 7.66. The van der Waals surface area contributed by atoms with Gasteiger partial charge in [-0.25, -0.2) is 9.78 Å². The van der Waals surface area contributed by atoms with Crippen LogP contribution in [-0.4, -0.2) is 44.4 Å². The fourth-order valence-corrected chi connectivity index (χ4v) is 3.44. The molecule has 1 aliphatic heterocycles. The number of halogens is 1. The topological polar surface area (TPSA) is 86.3 Å². The molecule has 2 aromatic heterocycles. The van der Waals surface area contributed by atoms with Gasteiger partial charge in [-0.2, -0.15) is 5.10 Å². The number of pyridine rings is 1. The third kappa shape index (κ3) is 3.29. The van der Waals surface area contributed by atoms with Gasteiger partial charge in [0.15, 0.2) is 0 Å². The molecule has 132 valence electrons. The van der Waals surface area contributed by atoms with Gasteiger partial charge < -0.3 is 15.4 Å². The Kier molecular flexibility index (Phi) is 4.37. The molecule has 1 fully saturated rings. The van der Waals surface area contributed by atoms with Crippen molar-refractivity contribution in [2.45, 2.75) is 38.8 Å². The highest BCUT2D eigenvalue weighted by Crippen LogP contribution is 2.34. The number of rotatable bonds is 1. The molecule has 1 unspecified atom stereocenters. The number of nitrogens with zero attached hydrogens (tertiary/aromatic N) is 4. The lowest BCUT2D eigenvalue weighted by Crippen LogP contribution is -2.35. The van der Waals surface area contributed by atoms with E-state index in [1.165, 1.54) is 0 Å². The number of anilines is 1. The maximum Gasteiger partial charge on any atom is 0.410 e. The smallest absolute Gasteiger partial charge is 0.410 e. The number of terminal acetylenes is 1. The van der Waals surface area contributed by atoms with Gasteiger partial charge >= 0.3 is 6.09 Å². The molecule has 1 amide bonds.